The van der Waals surface area contributed by atoms with Gasteiger partial charge in [0.1, 0.15) is 10.2 Å². The van der Waals surface area contributed by atoms with Gasteiger partial charge in [0, 0.05) is 11.8 Å². The van der Waals surface area contributed by atoms with Gasteiger partial charge < -0.3 is 9.47 Å². The van der Waals surface area contributed by atoms with Gasteiger partial charge in [0.25, 0.3) is 0 Å². The van der Waals surface area contributed by atoms with Gasteiger partial charge in [0.15, 0.2) is 11.5 Å². The molecule has 1 aromatic rings. The first-order chi connectivity index (χ1) is 6.61. The van der Waals surface area contributed by atoms with Crippen LogP contribution >= 0.6 is 0 Å². The summed E-state index contributed by atoms with van der Waals surface area (Å²) in [6.07, 6.45) is 1.80. The molecule has 1 heterocycles. The highest BCUT2D eigenvalue weighted by molar-refractivity contribution is 6.32. The normalized spacial score (nSPS) is 10.4. The zero-order valence-electron chi connectivity index (χ0n) is 8.92. The van der Waals surface area contributed by atoms with E-state index in [9.17, 15) is 0 Å². The van der Waals surface area contributed by atoms with E-state index in [1.807, 2.05) is 0 Å². The highest BCUT2D eigenvalue weighted by Gasteiger charge is 2.15. The van der Waals surface area contributed by atoms with Crippen molar-refractivity contribution >= 4 is 15.6 Å². The number of methoxy groups -OCH3 is 2. The second-order valence-electron chi connectivity index (χ2n) is 3.28. The Morgan fingerprint density at radius 3 is 2.21 bits per heavy atom. The number of aromatic nitrogens is 1. The van der Waals surface area contributed by atoms with Crippen molar-refractivity contribution in [3.05, 3.63) is 11.8 Å². The topological polar surface area (TPSA) is 31.4 Å². The Bertz CT molecular complexity index is 326. The minimum absolute atomic E-state index is 0.360. The van der Waals surface area contributed by atoms with E-state index in [-0.39, 0.29) is 0 Å². The van der Waals surface area contributed by atoms with Crippen LogP contribution in [-0.4, -0.2) is 29.4 Å². The molecular weight excluding hydrogens is 194 g/mol. The number of hydrogen-bond donors (Lipinski definition) is 0. The van der Waals surface area contributed by atoms with E-state index in [4.69, 9.17) is 9.47 Å². The van der Waals surface area contributed by atoms with Gasteiger partial charge in [-0.2, -0.15) is 0 Å². The lowest BCUT2D eigenvalue weighted by molar-refractivity contribution is 0.351. The fourth-order valence-corrected chi connectivity index (χ4v) is 1.58. The molecule has 0 aromatic carbocycles. The van der Waals surface area contributed by atoms with Gasteiger partial charge in [-0.3, -0.25) is 4.98 Å². The zero-order valence-corrected chi connectivity index (χ0v) is 9.92. The fourth-order valence-electron chi connectivity index (χ4n) is 1.30. The first-order valence-corrected chi connectivity index (χ1v) is 4.94. The van der Waals surface area contributed by atoms with E-state index < -0.39 is 0 Å². The SMILES string of the molecule is COc1c(C(C)C)cnc([Si])c1OC. The van der Waals surface area contributed by atoms with Crippen LogP contribution in [0.4, 0.5) is 0 Å². The third-order valence-electron chi connectivity index (χ3n) is 2.05. The van der Waals surface area contributed by atoms with Gasteiger partial charge in [0.05, 0.1) is 19.5 Å². The van der Waals surface area contributed by atoms with Crippen LogP contribution in [0.5, 0.6) is 11.5 Å². The monoisotopic (exact) mass is 208 g/mol. The maximum Gasteiger partial charge on any atom is 0.177 e. The molecule has 0 saturated carbocycles. The lowest BCUT2D eigenvalue weighted by Gasteiger charge is -2.15. The summed E-state index contributed by atoms with van der Waals surface area (Å²) >= 11 is 0. The molecule has 0 aliphatic carbocycles. The van der Waals surface area contributed by atoms with Gasteiger partial charge in [-0.15, -0.1) is 0 Å². The van der Waals surface area contributed by atoms with E-state index in [0.29, 0.717) is 17.0 Å². The molecule has 0 aliphatic rings. The van der Waals surface area contributed by atoms with Crippen molar-refractivity contribution in [2.24, 2.45) is 0 Å². The third kappa shape index (κ3) is 1.90. The molecule has 3 radical (unpaired) electrons. The van der Waals surface area contributed by atoms with E-state index >= 15 is 0 Å². The molecule has 1 rings (SSSR count). The van der Waals surface area contributed by atoms with E-state index in [0.717, 1.165) is 11.3 Å². The summed E-state index contributed by atoms with van der Waals surface area (Å²) in [6, 6.07) is 0. The van der Waals surface area contributed by atoms with Crippen molar-refractivity contribution < 1.29 is 9.47 Å². The lowest BCUT2D eigenvalue weighted by atomic mass is 10.0. The Hall–Kier alpha value is -1.03. The molecule has 0 bridgehead atoms. The average molecular weight is 208 g/mol. The predicted octanol–water partition coefficient (Wildman–Crippen LogP) is 1.02. The van der Waals surface area contributed by atoms with E-state index in [1.165, 1.54) is 0 Å². The van der Waals surface area contributed by atoms with Crippen LogP contribution in [0, 0.1) is 0 Å². The minimum Gasteiger partial charge on any atom is -0.492 e. The van der Waals surface area contributed by atoms with Gasteiger partial charge in [-0.1, -0.05) is 13.8 Å². The van der Waals surface area contributed by atoms with E-state index in [2.05, 4.69) is 29.1 Å². The maximum absolute atomic E-state index is 5.31. The van der Waals surface area contributed by atoms with Crippen molar-refractivity contribution in [3.8, 4) is 11.5 Å². The van der Waals surface area contributed by atoms with Crippen LogP contribution in [0.3, 0.4) is 0 Å². The second-order valence-corrected chi connectivity index (χ2v) is 3.76. The van der Waals surface area contributed by atoms with Crippen LogP contribution in [0.2, 0.25) is 0 Å². The smallest absolute Gasteiger partial charge is 0.177 e. The first kappa shape index (κ1) is 11.0. The minimum atomic E-state index is 0.360. The molecule has 75 valence electrons. The largest absolute Gasteiger partial charge is 0.492 e. The Kier molecular flexibility index (Phi) is 3.52. The molecule has 0 unspecified atom stereocenters. The lowest BCUT2D eigenvalue weighted by Crippen LogP contribution is -2.14. The summed E-state index contributed by atoms with van der Waals surface area (Å²) in [5, 5.41) is 0.661. The summed E-state index contributed by atoms with van der Waals surface area (Å²) in [6.45, 7) is 4.18. The highest BCUT2D eigenvalue weighted by atomic mass is 28.1. The maximum atomic E-state index is 5.31. The molecule has 0 aliphatic heterocycles. The van der Waals surface area contributed by atoms with Crippen LogP contribution in [0.25, 0.3) is 0 Å². The molecule has 0 N–H and O–H groups in total. The summed E-state index contributed by atoms with van der Waals surface area (Å²) < 4.78 is 10.5. The number of pyridine rings is 1. The van der Waals surface area contributed by atoms with Crippen LogP contribution in [-0.2, 0) is 0 Å². The fraction of sp³-hybridized carbons (Fsp3) is 0.500. The molecule has 0 atom stereocenters. The molecule has 14 heavy (non-hydrogen) atoms. The third-order valence-corrected chi connectivity index (χ3v) is 2.40. The van der Waals surface area contributed by atoms with Gasteiger partial charge in [-0.25, -0.2) is 0 Å². The summed E-state index contributed by atoms with van der Waals surface area (Å²) in [5.41, 5.74) is 1.05. The highest BCUT2D eigenvalue weighted by Crippen LogP contribution is 2.32. The standard InChI is InChI=1S/C10H14NO2Si/c1-6(2)7-5-11-10(14)9(13-4)8(7)12-3/h5-6H,1-4H3. The van der Waals surface area contributed by atoms with Crippen LogP contribution in [0.15, 0.2) is 6.20 Å². The average Bonchev–Trinajstić information content (AvgIpc) is 2.16. The van der Waals surface area contributed by atoms with Crippen LogP contribution < -0.4 is 14.8 Å². The molecule has 0 amide bonds. The molecule has 3 nitrogen and oxygen atoms in total. The van der Waals surface area contributed by atoms with Crippen molar-refractivity contribution in [3.63, 3.8) is 0 Å². The summed E-state index contributed by atoms with van der Waals surface area (Å²) in [5.74, 6) is 1.76. The van der Waals surface area contributed by atoms with Crippen molar-refractivity contribution in [1.82, 2.24) is 4.98 Å². The number of rotatable bonds is 3. The molecule has 0 fully saturated rings. The summed E-state index contributed by atoms with van der Waals surface area (Å²) in [4.78, 5) is 4.19. The molecule has 0 saturated heterocycles. The van der Waals surface area contributed by atoms with Gasteiger partial charge in [-0.05, 0) is 5.92 Å². The van der Waals surface area contributed by atoms with Crippen molar-refractivity contribution in [1.29, 1.82) is 0 Å². The Morgan fingerprint density at radius 1 is 1.21 bits per heavy atom. The van der Waals surface area contributed by atoms with E-state index in [1.54, 1.807) is 20.4 Å². The molecule has 4 heteroatoms. The molecule has 0 spiro atoms. The first-order valence-electron chi connectivity index (χ1n) is 4.44. The van der Waals surface area contributed by atoms with Crippen molar-refractivity contribution in [2.45, 2.75) is 19.8 Å². The molecular formula is C10H14NO2Si. The van der Waals surface area contributed by atoms with Gasteiger partial charge in [0.2, 0.25) is 0 Å². The molecule has 1 aromatic heterocycles. The number of ether oxygens (including phenoxy) is 2. The predicted molar refractivity (Wildman–Crippen MR) is 56.8 cm³/mol. The van der Waals surface area contributed by atoms with Gasteiger partial charge >= 0.3 is 0 Å². The Labute approximate surface area is 87.9 Å². The van der Waals surface area contributed by atoms with Crippen molar-refractivity contribution in [2.75, 3.05) is 14.2 Å². The Balaban J connectivity index is 3.33. The zero-order chi connectivity index (χ0) is 10.7. The Morgan fingerprint density at radius 2 is 1.79 bits per heavy atom. The number of hydrogen-bond acceptors (Lipinski definition) is 3. The quantitative estimate of drug-likeness (QED) is 0.695. The number of nitrogens with zero attached hydrogens (tertiary/aromatic N) is 1. The second kappa shape index (κ2) is 4.46. The van der Waals surface area contributed by atoms with Crippen LogP contribution in [0.1, 0.15) is 25.3 Å². The summed E-state index contributed by atoms with van der Waals surface area (Å²) in [7, 11) is 6.61.